The summed E-state index contributed by atoms with van der Waals surface area (Å²) in [5, 5.41) is 14.7. The molecule has 7 nitrogen and oxygen atoms in total. The lowest BCUT2D eigenvalue weighted by Crippen LogP contribution is -2.44. The number of furan rings is 1. The number of aromatic carboxylic acids is 1. The first-order chi connectivity index (χ1) is 9.66. The van der Waals surface area contributed by atoms with Crippen molar-refractivity contribution in [2.24, 2.45) is 0 Å². The molecule has 3 N–H and O–H groups in total. The SMILES string of the molecule is O=C(O)c1ccc(C(=O)NCCCN2CCNCC2)o1. The first kappa shape index (κ1) is 14.5. The van der Waals surface area contributed by atoms with Crippen LogP contribution in [0.5, 0.6) is 0 Å². The molecule has 1 aromatic rings. The minimum atomic E-state index is -1.18. The number of amides is 1. The number of nitrogens with one attached hydrogen (secondary N) is 2. The highest BCUT2D eigenvalue weighted by Crippen LogP contribution is 2.07. The van der Waals surface area contributed by atoms with Crippen molar-refractivity contribution < 1.29 is 19.1 Å². The molecule has 1 aliphatic heterocycles. The second kappa shape index (κ2) is 7.06. The van der Waals surface area contributed by atoms with Crippen LogP contribution in [0.15, 0.2) is 16.5 Å². The van der Waals surface area contributed by atoms with Crippen molar-refractivity contribution >= 4 is 11.9 Å². The molecule has 0 saturated carbocycles. The molecule has 110 valence electrons. The Morgan fingerprint density at radius 3 is 2.65 bits per heavy atom. The van der Waals surface area contributed by atoms with Crippen LogP contribution in [0.25, 0.3) is 0 Å². The van der Waals surface area contributed by atoms with Crippen LogP contribution < -0.4 is 10.6 Å². The number of nitrogens with zero attached hydrogens (tertiary/aromatic N) is 1. The summed E-state index contributed by atoms with van der Waals surface area (Å²) >= 11 is 0. The van der Waals surface area contributed by atoms with Crippen molar-refractivity contribution in [2.75, 3.05) is 39.3 Å². The van der Waals surface area contributed by atoms with Crippen molar-refractivity contribution in [3.63, 3.8) is 0 Å². The molecule has 0 spiro atoms. The molecule has 2 rings (SSSR count). The van der Waals surface area contributed by atoms with E-state index in [1.54, 1.807) is 0 Å². The van der Waals surface area contributed by atoms with E-state index in [1.807, 2.05) is 0 Å². The highest BCUT2D eigenvalue weighted by atomic mass is 16.4. The lowest BCUT2D eigenvalue weighted by molar-refractivity contribution is 0.0659. The topological polar surface area (TPSA) is 94.8 Å². The molecule has 0 aromatic carbocycles. The molecule has 0 aliphatic carbocycles. The standard InChI is InChI=1S/C13H19N3O4/c17-12(10-2-3-11(20-10)13(18)19)15-4-1-7-16-8-5-14-6-9-16/h2-3,14H,1,4-9H2,(H,15,17)(H,18,19). The number of carboxylic acids is 1. The van der Waals surface area contributed by atoms with Crippen LogP contribution in [0.1, 0.15) is 27.5 Å². The molecule has 1 aromatic heterocycles. The molecular weight excluding hydrogens is 262 g/mol. The van der Waals surface area contributed by atoms with Crippen LogP contribution in [-0.2, 0) is 0 Å². The summed E-state index contributed by atoms with van der Waals surface area (Å²) in [5.41, 5.74) is 0. The van der Waals surface area contributed by atoms with E-state index < -0.39 is 5.97 Å². The molecule has 2 heterocycles. The number of hydrogen-bond acceptors (Lipinski definition) is 5. The van der Waals surface area contributed by atoms with Crippen LogP contribution in [0.2, 0.25) is 0 Å². The van der Waals surface area contributed by atoms with Crippen molar-refractivity contribution in [3.8, 4) is 0 Å². The highest BCUT2D eigenvalue weighted by molar-refractivity contribution is 5.93. The van der Waals surface area contributed by atoms with E-state index in [0.29, 0.717) is 6.54 Å². The van der Waals surface area contributed by atoms with Crippen molar-refractivity contribution in [1.82, 2.24) is 15.5 Å². The Morgan fingerprint density at radius 1 is 1.30 bits per heavy atom. The molecule has 1 saturated heterocycles. The highest BCUT2D eigenvalue weighted by Gasteiger charge is 2.14. The van der Waals surface area contributed by atoms with Gasteiger partial charge in [0.15, 0.2) is 5.76 Å². The fourth-order valence-electron chi connectivity index (χ4n) is 2.10. The molecule has 0 unspecified atom stereocenters. The third-order valence-electron chi connectivity index (χ3n) is 3.19. The van der Waals surface area contributed by atoms with E-state index in [-0.39, 0.29) is 17.4 Å². The summed E-state index contributed by atoms with van der Waals surface area (Å²) < 4.78 is 4.92. The molecule has 0 radical (unpaired) electrons. The third kappa shape index (κ3) is 4.07. The minimum absolute atomic E-state index is 0.0320. The summed E-state index contributed by atoms with van der Waals surface area (Å²) in [6.07, 6.45) is 0.859. The van der Waals surface area contributed by atoms with E-state index in [2.05, 4.69) is 15.5 Å². The summed E-state index contributed by atoms with van der Waals surface area (Å²) in [5.74, 6) is -1.75. The molecule has 0 bridgehead atoms. The fraction of sp³-hybridized carbons (Fsp3) is 0.538. The van der Waals surface area contributed by atoms with Gasteiger partial charge in [-0.05, 0) is 25.1 Å². The predicted octanol–water partition coefficient (Wildman–Crippen LogP) is 0.00290. The van der Waals surface area contributed by atoms with Crippen molar-refractivity contribution in [1.29, 1.82) is 0 Å². The molecule has 1 fully saturated rings. The van der Waals surface area contributed by atoms with Gasteiger partial charge in [0.1, 0.15) is 0 Å². The van der Waals surface area contributed by atoms with Gasteiger partial charge in [0.05, 0.1) is 0 Å². The van der Waals surface area contributed by atoms with E-state index in [4.69, 9.17) is 9.52 Å². The smallest absolute Gasteiger partial charge is 0.371 e. The van der Waals surface area contributed by atoms with Crippen LogP contribution in [0, 0.1) is 0 Å². The normalized spacial score (nSPS) is 16.0. The lowest BCUT2D eigenvalue weighted by atomic mass is 10.3. The van der Waals surface area contributed by atoms with Crippen LogP contribution >= 0.6 is 0 Å². The molecule has 0 atom stereocenters. The maximum absolute atomic E-state index is 11.7. The zero-order valence-electron chi connectivity index (χ0n) is 11.2. The monoisotopic (exact) mass is 281 g/mol. The number of carbonyl (C=O) groups is 2. The number of rotatable bonds is 6. The van der Waals surface area contributed by atoms with Crippen LogP contribution in [0.4, 0.5) is 0 Å². The number of carboxylic acid groups (broad SMARTS) is 1. The molecular formula is C13H19N3O4. The Balaban J connectivity index is 1.67. The van der Waals surface area contributed by atoms with Gasteiger partial charge in [0.25, 0.3) is 5.91 Å². The van der Waals surface area contributed by atoms with Gasteiger partial charge in [-0.3, -0.25) is 4.79 Å². The average molecular weight is 281 g/mol. The largest absolute Gasteiger partial charge is 0.475 e. The summed E-state index contributed by atoms with van der Waals surface area (Å²) in [4.78, 5) is 24.7. The fourth-order valence-corrected chi connectivity index (χ4v) is 2.10. The van der Waals surface area contributed by atoms with Gasteiger partial charge in [0.2, 0.25) is 5.76 Å². The van der Waals surface area contributed by atoms with E-state index in [0.717, 1.165) is 39.1 Å². The zero-order chi connectivity index (χ0) is 14.4. The Bertz CT molecular complexity index is 466. The minimum Gasteiger partial charge on any atom is -0.475 e. The Morgan fingerprint density at radius 2 is 2.00 bits per heavy atom. The summed E-state index contributed by atoms with van der Waals surface area (Å²) in [6, 6.07) is 2.65. The van der Waals surface area contributed by atoms with E-state index in [1.165, 1.54) is 12.1 Å². The van der Waals surface area contributed by atoms with Gasteiger partial charge < -0.3 is 25.1 Å². The van der Waals surface area contributed by atoms with Gasteiger partial charge in [-0.2, -0.15) is 0 Å². The van der Waals surface area contributed by atoms with E-state index >= 15 is 0 Å². The van der Waals surface area contributed by atoms with Crippen molar-refractivity contribution in [3.05, 3.63) is 23.7 Å². The second-order valence-corrected chi connectivity index (χ2v) is 4.67. The lowest BCUT2D eigenvalue weighted by Gasteiger charge is -2.26. The first-order valence-corrected chi connectivity index (χ1v) is 6.71. The number of carbonyl (C=O) groups excluding carboxylic acids is 1. The predicted molar refractivity (Wildman–Crippen MR) is 71.9 cm³/mol. The third-order valence-corrected chi connectivity index (χ3v) is 3.19. The van der Waals surface area contributed by atoms with Gasteiger partial charge in [0, 0.05) is 32.7 Å². The van der Waals surface area contributed by atoms with Gasteiger partial charge in [-0.1, -0.05) is 0 Å². The van der Waals surface area contributed by atoms with Gasteiger partial charge in [-0.15, -0.1) is 0 Å². The maximum atomic E-state index is 11.7. The average Bonchev–Trinajstić information content (AvgIpc) is 2.94. The van der Waals surface area contributed by atoms with E-state index in [9.17, 15) is 9.59 Å². The zero-order valence-corrected chi connectivity index (χ0v) is 11.2. The second-order valence-electron chi connectivity index (χ2n) is 4.67. The van der Waals surface area contributed by atoms with Gasteiger partial charge in [-0.25, -0.2) is 4.79 Å². The van der Waals surface area contributed by atoms with Gasteiger partial charge >= 0.3 is 5.97 Å². The Kier molecular flexibility index (Phi) is 5.14. The van der Waals surface area contributed by atoms with Crippen LogP contribution in [0.3, 0.4) is 0 Å². The molecule has 20 heavy (non-hydrogen) atoms. The molecule has 7 heteroatoms. The van der Waals surface area contributed by atoms with Crippen molar-refractivity contribution in [2.45, 2.75) is 6.42 Å². The van der Waals surface area contributed by atoms with Crippen LogP contribution in [-0.4, -0.2) is 61.2 Å². The molecule has 1 aliphatic rings. The number of hydrogen-bond donors (Lipinski definition) is 3. The quantitative estimate of drug-likeness (QED) is 0.636. The molecule has 1 amide bonds. The number of piperazine rings is 1. The maximum Gasteiger partial charge on any atom is 0.371 e. The summed E-state index contributed by atoms with van der Waals surface area (Å²) in [7, 11) is 0. The first-order valence-electron chi connectivity index (χ1n) is 6.71. The Hall–Kier alpha value is -1.86. The summed E-state index contributed by atoms with van der Waals surface area (Å²) in [6.45, 7) is 5.59. The Labute approximate surface area is 116 Å².